The molecule has 3 atom stereocenters. The largest absolute Gasteiger partial charge is 0.376 e. The third kappa shape index (κ3) is 2.84. The van der Waals surface area contributed by atoms with Crippen molar-refractivity contribution in [1.82, 2.24) is 9.55 Å². The third-order valence-corrected chi connectivity index (χ3v) is 3.53. The molecular weight excluding hydrogens is 262 g/mol. The third-order valence-electron chi connectivity index (χ3n) is 3.53. The standard InChI is InChI=1S/C13H21N3O4/c1-3-8-7-16(13(18)15-12(8)17)11-5-9(19-4-2)10(6-14)20-11/h7,9-11H,3-6,14H2,1-2H3,(H,15,17,18)/t9-,10+,11+/m0/s1. The van der Waals surface area contributed by atoms with Gasteiger partial charge < -0.3 is 15.2 Å². The summed E-state index contributed by atoms with van der Waals surface area (Å²) in [5.41, 5.74) is 5.40. The van der Waals surface area contributed by atoms with Crippen LogP contribution in [0.25, 0.3) is 0 Å². The van der Waals surface area contributed by atoms with E-state index >= 15 is 0 Å². The number of nitrogens with two attached hydrogens (primary N) is 1. The van der Waals surface area contributed by atoms with Crippen LogP contribution in [-0.2, 0) is 15.9 Å². The summed E-state index contributed by atoms with van der Waals surface area (Å²) in [6.07, 6.45) is 1.85. The number of hydrogen-bond acceptors (Lipinski definition) is 5. The number of aryl methyl sites for hydroxylation is 1. The fraction of sp³-hybridized carbons (Fsp3) is 0.692. The minimum atomic E-state index is -0.467. The van der Waals surface area contributed by atoms with E-state index in [1.807, 2.05) is 13.8 Å². The minimum absolute atomic E-state index is 0.126. The fourth-order valence-corrected chi connectivity index (χ4v) is 2.46. The lowest BCUT2D eigenvalue weighted by molar-refractivity contribution is -0.0319. The van der Waals surface area contributed by atoms with Crippen LogP contribution in [0, 0.1) is 0 Å². The van der Waals surface area contributed by atoms with Crippen molar-refractivity contribution in [3.05, 3.63) is 32.6 Å². The lowest BCUT2D eigenvalue weighted by Crippen LogP contribution is -2.34. The van der Waals surface area contributed by atoms with Crippen molar-refractivity contribution in [3.8, 4) is 0 Å². The zero-order valence-corrected chi connectivity index (χ0v) is 11.8. The van der Waals surface area contributed by atoms with Crippen molar-refractivity contribution in [2.45, 2.75) is 45.1 Å². The molecule has 3 N–H and O–H groups in total. The van der Waals surface area contributed by atoms with E-state index in [2.05, 4.69) is 4.98 Å². The number of rotatable bonds is 5. The van der Waals surface area contributed by atoms with Crippen LogP contribution in [0.15, 0.2) is 15.8 Å². The minimum Gasteiger partial charge on any atom is -0.376 e. The molecule has 1 aromatic heterocycles. The predicted molar refractivity (Wildman–Crippen MR) is 73.7 cm³/mol. The Morgan fingerprint density at radius 2 is 2.25 bits per heavy atom. The first-order valence-electron chi connectivity index (χ1n) is 6.92. The molecule has 20 heavy (non-hydrogen) atoms. The predicted octanol–water partition coefficient (Wildman–Crippen LogP) is -0.250. The van der Waals surface area contributed by atoms with Crippen molar-refractivity contribution in [2.24, 2.45) is 5.73 Å². The van der Waals surface area contributed by atoms with E-state index < -0.39 is 11.9 Å². The highest BCUT2D eigenvalue weighted by molar-refractivity contribution is 5.04. The average Bonchev–Trinajstić information content (AvgIpc) is 2.82. The molecule has 1 aliphatic heterocycles. The monoisotopic (exact) mass is 283 g/mol. The maximum atomic E-state index is 11.9. The van der Waals surface area contributed by atoms with Gasteiger partial charge in [0.15, 0.2) is 0 Å². The van der Waals surface area contributed by atoms with Gasteiger partial charge in [-0.25, -0.2) is 4.79 Å². The first-order valence-corrected chi connectivity index (χ1v) is 6.92. The topological polar surface area (TPSA) is 99.3 Å². The van der Waals surface area contributed by atoms with Crippen LogP contribution in [0.4, 0.5) is 0 Å². The quantitative estimate of drug-likeness (QED) is 0.776. The molecule has 112 valence electrons. The van der Waals surface area contributed by atoms with Crippen molar-refractivity contribution >= 4 is 0 Å². The second-order valence-electron chi connectivity index (χ2n) is 4.77. The zero-order valence-electron chi connectivity index (χ0n) is 11.8. The highest BCUT2D eigenvalue weighted by Crippen LogP contribution is 2.29. The van der Waals surface area contributed by atoms with Crippen molar-refractivity contribution in [2.75, 3.05) is 13.2 Å². The summed E-state index contributed by atoms with van der Waals surface area (Å²) in [5, 5.41) is 0. The van der Waals surface area contributed by atoms with Crippen LogP contribution in [0.1, 0.15) is 32.1 Å². The second kappa shape index (κ2) is 6.34. The first-order chi connectivity index (χ1) is 9.60. The fourth-order valence-electron chi connectivity index (χ4n) is 2.46. The Morgan fingerprint density at radius 1 is 1.50 bits per heavy atom. The van der Waals surface area contributed by atoms with Gasteiger partial charge in [0, 0.05) is 31.3 Å². The molecule has 1 fully saturated rings. The molecule has 0 amide bonds. The Kier molecular flexibility index (Phi) is 4.74. The van der Waals surface area contributed by atoms with Gasteiger partial charge >= 0.3 is 5.69 Å². The molecule has 0 aliphatic carbocycles. The summed E-state index contributed by atoms with van der Waals surface area (Å²) in [6.45, 7) is 4.67. The van der Waals surface area contributed by atoms with E-state index in [1.54, 1.807) is 6.20 Å². The summed E-state index contributed by atoms with van der Waals surface area (Å²) < 4.78 is 12.8. The summed E-state index contributed by atoms with van der Waals surface area (Å²) >= 11 is 0. The molecule has 2 rings (SSSR count). The highest BCUT2D eigenvalue weighted by Gasteiger charge is 2.36. The van der Waals surface area contributed by atoms with Crippen LogP contribution in [0.5, 0.6) is 0 Å². The van der Waals surface area contributed by atoms with Crippen molar-refractivity contribution < 1.29 is 9.47 Å². The number of H-pyrrole nitrogens is 1. The van der Waals surface area contributed by atoms with E-state index in [9.17, 15) is 9.59 Å². The molecule has 0 aromatic carbocycles. The van der Waals surface area contributed by atoms with Crippen LogP contribution in [0.3, 0.4) is 0 Å². The SMILES string of the molecule is CCO[C@H]1C[C@H](n2cc(CC)c(=O)[nH]c2=O)O[C@@H]1CN. The second-order valence-corrected chi connectivity index (χ2v) is 4.77. The van der Waals surface area contributed by atoms with Crippen molar-refractivity contribution in [3.63, 3.8) is 0 Å². The molecule has 0 spiro atoms. The summed E-state index contributed by atoms with van der Waals surface area (Å²) in [5.74, 6) is 0. The van der Waals surface area contributed by atoms with Crippen LogP contribution in [0.2, 0.25) is 0 Å². The van der Waals surface area contributed by atoms with Gasteiger partial charge in [0.2, 0.25) is 0 Å². The van der Waals surface area contributed by atoms with Gasteiger partial charge in [-0.05, 0) is 13.3 Å². The Hall–Kier alpha value is -1.44. The van der Waals surface area contributed by atoms with E-state index in [0.29, 0.717) is 31.6 Å². The molecule has 0 bridgehead atoms. The molecule has 0 unspecified atom stereocenters. The number of ether oxygens (including phenoxy) is 2. The van der Waals surface area contributed by atoms with Gasteiger partial charge in [-0.2, -0.15) is 0 Å². The Bertz CT molecular complexity index is 565. The van der Waals surface area contributed by atoms with Crippen LogP contribution < -0.4 is 17.0 Å². The van der Waals surface area contributed by atoms with Gasteiger partial charge in [-0.3, -0.25) is 14.3 Å². The van der Waals surface area contributed by atoms with Gasteiger partial charge in [-0.1, -0.05) is 6.92 Å². The number of nitrogens with one attached hydrogen (secondary N) is 1. The van der Waals surface area contributed by atoms with Gasteiger partial charge in [0.25, 0.3) is 5.56 Å². The molecule has 7 heteroatoms. The van der Waals surface area contributed by atoms with E-state index in [0.717, 1.165) is 0 Å². The van der Waals surface area contributed by atoms with E-state index in [4.69, 9.17) is 15.2 Å². The van der Waals surface area contributed by atoms with Gasteiger partial charge in [-0.15, -0.1) is 0 Å². The normalized spacial score (nSPS) is 26.1. The number of nitrogens with zero attached hydrogens (tertiary/aromatic N) is 1. The number of hydrogen-bond donors (Lipinski definition) is 2. The lowest BCUT2D eigenvalue weighted by Gasteiger charge is -2.16. The molecule has 1 aromatic rings. The highest BCUT2D eigenvalue weighted by atomic mass is 16.6. The van der Waals surface area contributed by atoms with Crippen molar-refractivity contribution in [1.29, 1.82) is 0 Å². The number of aromatic nitrogens is 2. The Balaban J connectivity index is 2.29. The molecular formula is C13H21N3O4. The molecule has 0 saturated carbocycles. The summed E-state index contributed by atoms with van der Waals surface area (Å²) in [4.78, 5) is 25.8. The maximum Gasteiger partial charge on any atom is 0.330 e. The molecule has 1 saturated heterocycles. The Labute approximate surface area is 116 Å². The maximum absolute atomic E-state index is 11.9. The Morgan fingerprint density at radius 3 is 2.85 bits per heavy atom. The van der Waals surface area contributed by atoms with E-state index in [1.165, 1.54) is 4.57 Å². The number of aromatic amines is 1. The zero-order chi connectivity index (χ0) is 14.7. The molecule has 0 radical (unpaired) electrons. The van der Waals surface area contributed by atoms with Crippen LogP contribution in [-0.4, -0.2) is 34.9 Å². The molecule has 1 aliphatic rings. The van der Waals surface area contributed by atoms with Gasteiger partial charge in [0.1, 0.15) is 6.23 Å². The molecule has 2 heterocycles. The smallest absolute Gasteiger partial charge is 0.330 e. The lowest BCUT2D eigenvalue weighted by atomic mass is 10.1. The average molecular weight is 283 g/mol. The van der Waals surface area contributed by atoms with E-state index in [-0.39, 0.29) is 17.8 Å². The first kappa shape index (κ1) is 15.0. The molecule has 7 nitrogen and oxygen atoms in total. The van der Waals surface area contributed by atoms with Crippen LogP contribution >= 0.6 is 0 Å². The summed E-state index contributed by atoms with van der Waals surface area (Å²) in [7, 11) is 0. The van der Waals surface area contributed by atoms with Gasteiger partial charge in [0.05, 0.1) is 12.2 Å². The summed E-state index contributed by atoms with van der Waals surface area (Å²) in [6, 6.07) is 0.